The Bertz CT molecular complexity index is 288. The summed E-state index contributed by atoms with van der Waals surface area (Å²) in [5.74, 6) is 0.385. The minimum Gasteiger partial charge on any atom is -0.315 e. The summed E-state index contributed by atoms with van der Waals surface area (Å²) in [6.45, 7) is 1.63. The normalized spacial score (nSPS) is 14.6. The van der Waals surface area contributed by atoms with Gasteiger partial charge in [-0.15, -0.1) is 24.8 Å². The van der Waals surface area contributed by atoms with Crippen molar-refractivity contribution in [2.24, 2.45) is 5.92 Å². The SMILES string of the molecule is Cl.Cl.O=C(c1cccnc1)C1CNC1. The number of ketones is 1. The number of carbonyl (C=O) groups is 1. The third-order valence-corrected chi connectivity index (χ3v) is 2.10. The van der Waals surface area contributed by atoms with Gasteiger partial charge in [0, 0.05) is 37.0 Å². The van der Waals surface area contributed by atoms with Crippen molar-refractivity contribution >= 4 is 30.6 Å². The first-order chi connectivity index (χ1) is 5.88. The van der Waals surface area contributed by atoms with Crippen molar-refractivity contribution in [1.82, 2.24) is 10.3 Å². The first-order valence-electron chi connectivity index (χ1n) is 4.03. The quantitative estimate of drug-likeness (QED) is 0.786. The zero-order valence-electron chi connectivity index (χ0n) is 7.47. The summed E-state index contributed by atoms with van der Waals surface area (Å²) in [6, 6.07) is 3.60. The van der Waals surface area contributed by atoms with E-state index in [4.69, 9.17) is 0 Å². The fraction of sp³-hybridized carbons (Fsp3) is 0.333. The molecule has 2 rings (SSSR count). The molecule has 0 aliphatic carbocycles. The molecule has 3 nitrogen and oxygen atoms in total. The maximum absolute atomic E-state index is 11.5. The molecule has 0 aromatic carbocycles. The minimum atomic E-state index is 0. The third-order valence-electron chi connectivity index (χ3n) is 2.10. The Kier molecular flexibility index (Phi) is 5.69. The largest absolute Gasteiger partial charge is 0.315 e. The van der Waals surface area contributed by atoms with Gasteiger partial charge in [-0.2, -0.15) is 0 Å². The molecule has 1 aromatic heterocycles. The molecule has 0 amide bonds. The van der Waals surface area contributed by atoms with Gasteiger partial charge in [-0.3, -0.25) is 9.78 Å². The van der Waals surface area contributed by atoms with Gasteiger partial charge in [0.15, 0.2) is 5.78 Å². The van der Waals surface area contributed by atoms with Gasteiger partial charge in [-0.25, -0.2) is 0 Å². The van der Waals surface area contributed by atoms with E-state index in [9.17, 15) is 4.79 Å². The van der Waals surface area contributed by atoms with Gasteiger partial charge in [0.25, 0.3) is 0 Å². The number of hydrogen-bond donors (Lipinski definition) is 1. The topological polar surface area (TPSA) is 42.0 Å². The van der Waals surface area contributed by atoms with Crippen LogP contribution in [0.5, 0.6) is 0 Å². The molecule has 1 aromatic rings. The number of hydrogen-bond acceptors (Lipinski definition) is 3. The van der Waals surface area contributed by atoms with Crippen LogP contribution in [0.2, 0.25) is 0 Å². The summed E-state index contributed by atoms with van der Waals surface area (Å²) in [7, 11) is 0. The van der Waals surface area contributed by atoms with Gasteiger partial charge in [0.1, 0.15) is 0 Å². The maximum atomic E-state index is 11.5. The minimum absolute atomic E-state index is 0. The standard InChI is InChI=1S/C9H10N2O.2ClH/c12-9(8-5-11-6-8)7-2-1-3-10-4-7;;/h1-4,8,11H,5-6H2;2*1H. The number of aromatic nitrogens is 1. The molecule has 1 N–H and O–H groups in total. The summed E-state index contributed by atoms with van der Waals surface area (Å²) < 4.78 is 0. The van der Waals surface area contributed by atoms with Crippen LogP contribution in [-0.2, 0) is 0 Å². The number of nitrogens with one attached hydrogen (secondary N) is 1. The highest BCUT2D eigenvalue weighted by Gasteiger charge is 2.25. The molecule has 0 saturated carbocycles. The smallest absolute Gasteiger partial charge is 0.170 e. The lowest BCUT2D eigenvalue weighted by atomic mass is 9.94. The van der Waals surface area contributed by atoms with Crippen molar-refractivity contribution in [3.8, 4) is 0 Å². The van der Waals surface area contributed by atoms with Crippen molar-refractivity contribution in [1.29, 1.82) is 0 Å². The van der Waals surface area contributed by atoms with Crippen LogP contribution in [0.1, 0.15) is 10.4 Å². The molecule has 0 unspecified atom stereocenters. The first kappa shape index (κ1) is 13.4. The number of pyridine rings is 1. The Labute approximate surface area is 95.1 Å². The van der Waals surface area contributed by atoms with Crippen LogP contribution in [0.25, 0.3) is 0 Å². The average molecular weight is 235 g/mol. The predicted molar refractivity (Wildman–Crippen MR) is 59.4 cm³/mol. The summed E-state index contributed by atoms with van der Waals surface area (Å²) in [5, 5.41) is 3.07. The highest BCUT2D eigenvalue weighted by atomic mass is 35.5. The average Bonchev–Trinajstić information content (AvgIpc) is 2.03. The molecule has 0 atom stereocenters. The zero-order valence-corrected chi connectivity index (χ0v) is 9.11. The maximum Gasteiger partial charge on any atom is 0.170 e. The Balaban J connectivity index is 0.000000845. The third kappa shape index (κ3) is 2.67. The van der Waals surface area contributed by atoms with E-state index in [0.29, 0.717) is 0 Å². The van der Waals surface area contributed by atoms with Crippen LogP contribution in [0.15, 0.2) is 24.5 Å². The Hall–Kier alpha value is -0.640. The van der Waals surface area contributed by atoms with E-state index in [1.807, 2.05) is 6.07 Å². The number of rotatable bonds is 2. The molecule has 1 aliphatic rings. The van der Waals surface area contributed by atoms with Crippen molar-refractivity contribution in [3.63, 3.8) is 0 Å². The van der Waals surface area contributed by atoms with Crippen LogP contribution in [0.3, 0.4) is 0 Å². The molecule has 0 spiro atoms. The van der Waals surface area contributed by atoms with E-state index in [1.54, 1.807) is 18.5 Å². The molecule has 0 bridgehead atoms. The highest BCUT2D eigenvalue weighted by molar-refractivity contribution is 5.98. The second-order valence-electron chi connectivity index (χ2n) is 2.96. The monoisotopic (exact) mass is 234 g/mol. The summed E-state index contributed by atoms with van der Waals surface area (Å²) in [4.78, 5) is 15.5. The molecule has 1 saturated heterocycles. The molecular formula is C9H12Cl2N2O. The molecule has 14 heavy (non-hydrogen) atoms. The van der Waals surface area contributed by atoms with E-state index >= 15 is 0 Å². The van der Waals surface area contributed by atoms with Gasteiger partial charge >= 0.3 is 0 Å². The molecule has 1 fully saturated rings. The lowest BCUT2D eigenvalue weighted by Crippen LogP contribution is -2.46. The van der Waals surface area contributed by atoms with Crippen LogP contribution in [-0.4, -0.2) is 23.9 Å². The molecule has 2 heterocycles. The van der Waals surface area contributed by atoms with Gasteiger partial charge in [0.05, 0.1) is 0 Å². The van der Waals surface area contributed by atoms with E-state index in [0.717, 1.165) is 18.7 Å². The van der Waals surface area contributed by atoms with Crippen LogP contribution in [0.4, 0.5) is 0 Å². The fourth-order valence-electron chi connectivity index (χ4n) is 1.22. The first-order valence-corrected chi connectivity index (χ1v) is 4.03. The van der Waals surface area contributed by atoms with E-state index < -0.39 is 0 Å². The molecular weight excluding hydrogens is 223 g/mol. The zero-order chi connectivity index (χ0) is 8.39. The Morgan fingerprint density at radius 3 is 2.57 bits per heavy atom. The number of nitrogens with zero attached hydrogens (tertiary/aromatic N) is 1. The number of halogens is 2. The molecule has 0 radical (unpaired) electrons. The Morgan fingerprint density at radius 1 is 1.43 bits per heavy atom. The van der Waals surface area contributed by atoms with Gasteiger partial charge < -0.3 is 5.32 Å². The number of Topliss-reactive ketones (excluding diaryl/α,β-unsaturated/α-hetero) is 1. The summed E-state index contributed by atoms with van der Waals surface area (Å²) in [5.41, 5.74) is 0.726. The van der Waals surface area contributed by atoms with E-state index in [2.05, 4.69) is 10.3 Å². The Morgan fingerprint density at radius 2 is 2.14 bits per heavy atom. The van der Waals surface area contributed by atoms with Crippen LogP contribution < -0.4 is 5.32 Å². The highest BCUT2D eigenvalue weighted by Crippen LogP contribution is 2.11. The molecule has 78 valence electrons. The lowest BCUT2D eigenvalue weighted by molar-refractivity contribution is 0.0878. The van der Waals surface area contributed by atoms with Crippen LogP contribution >= 0.6 is 24.8 Å². The van der Waals surface area contributed by atoms with Crippen molar-refractivity contribution in [2.45, 2.75) is 0 Å². The van der Waals surface area contributed by atoms with Crippen molar-refractivity contribution in [2.75, 3.05) is 13.1 Å². The molecule has 5 heteroatoms. The van der Waals surface area contributed by atoms with Crippen molar-refractivity contribution in [3.05, 3.63) is 30.1 Å². The van der Waals surface area contributed by atoms with Gasteiger partial charge in [-0.1, -0.05) is 0 Å². The van der Waals surface area contributed by atoms with Gasteiger partial charge in [-0.05, 0) is 12.1 Å². The second-order valence-corrected chi connectivity index (χ2v) is 2.96. The fourth-order valence-corrected chi connectivity index (χ4v) is 1.22. The lowest BCUT2D eigenvalue weighted by Gasteiger charge is -2.25. The predicted octanol–water partition coefficient (Wildman–Crippen LogP) is 1.33. The van der Waals surface area contributed by atoms with Crippen molar-refractivity contribution < 1.29 is 4.79 Å². The molecule has 1 aliphatic heterocycles. The van der Waals surface area contributed by atoms with E-state index in [-0.39, 0.29) is 36.5 Å². The van der Waals surface area contributed by atoms with Crippen LogP contribution in [0, 0.1) is 5.92 Å². The van der Waals surface area contributed by atoms with Gasteiger partial charge in [0.2, 0.25) is 0 Å². The van der Waals surface area contributed by atoms with E-state index in [1.165, 1.54) is 0 Å². The second kappa shape index (κ2) is 5.96. The summed E-state index contributed by atoms with van der Waals surface area (Å²) >= 11 is 0. The summed E-state index contributed by atoms with van der Waals surface area (Å²) in [6.07, 6.45) is 3.30. The number of carbonyl (C=O) groups excluding carboxylic acids is 1.